The minimum atomic E-state index is -0.521. The van der Waals surface area contributed by atoms with E-state index in [0.29, 0.717) is 37.2 Å². The normalized spacial score (nSPS) is 15.1. The van der Waals surface area contributed by atoms with Gasteiger partial charge in [-0.2, -0.15) is 0 Å². The van der Waals surface area contributed by atoms with Gasteiger partial charge in [0, 0.05) is 31.5 Å². The van der Waals surface area contributed by atoms with Crippen LogP contribution in [0, 0.1) is 17.0 Å². The zero-order chi connectivity index (χ0) is 14.7. The first-order valence-corrected chi connectivity index (χ1v) is 6.27. The van der Waals surface area contributed by atoms with Gasteiger partial charge in [0.2, 0.25) is 0 Å². The number of nitro groups is 1. The van der Waals surface area contributed by atoms with Crippen molar-refractivity contribution >= 4 is 17.3 Å². The van der Waals surface area contributed by atoms with Gasteiger partial charge in [0.05, 0.1) is 10.6 Å². The fourth-order valence-corrected chi connectivity index (χ4v) is 2.31. The number of amides is 1. The van der Waals surface area contributed by atoms with Crippen LogP contribution in [0.15, 0.2) is 23.4 Å². The Morgan fingerprint density at radius 3 is 2.60 bits per heavy atom. The molecule has 0 bridgehead atoms. The number of carbonyl (C=O) groups excluding carboxylic acids is 1. The van der Waals surface area contributed by atoms with Gasteiger partial charge in [-0.3, -0.25) is 14.9 Å². The van der Waals surface area contributed by atoms with Crippen molar-refractivity contribution < 1.29 is 14.9 Å². The first-order chi connectivity index (χ1) is 9.54. The van der Waals surface area contributed by atoms with Crippen LogP contribution in [0.5, 0.6) is 0 Å². The van der Waals surface area contributed by atoms with Gasteiger partial charge in [-0.15, -0.1) is 0 Å². The molecule has 7 nitrogen and oxygen atoms in total. The minimum absolute atomic E-state index is 0.111. The summed E-state index contributed by atoms with van der Waals surface area (Å²) in [4.78, 5) is 24.5. The van der Waals surface area contributed by atoms with Crippen molar-refractivity contribution in [1.82, 2.24) is 4.90 Å². The first kappa shape index (κ1) is 14.0. The van der Waals surface area contributed by atoms with Crippen molar-refractivity contribution in [2.45, 2.75) is 19.8 Å². The molecule has 0 saturated carbocycles. The minimum Gasteiger partial charge on any atom is -0.411 e. The number of benzene rings is 1. The lowest BCUT2D eigenvalue weighted by Gasteiger charge is -2.27. The fraction of sp³-hybridized carbons (Fsp3) is 0.385. The largest absolute Gasteiger partial charge is 0.411 e. The van der Waals surface area contributed by atoms with Crippen LogP contribution >= 0.6 is 0 Å². The highest BCUT2D eigenvalue weighted by Crippen LogP contribution is 2.25. The van der Waals surface area contributed by atoms with Crippen LogP contribution in [-0.4, -0.2) is 39.7 Å². The third-order valence-corrected chi connectivity index (χ3v) is 3.42. The van der Waals surface area contributed by atoms with E-state index >= 15 is 0 Å². The Labute approximate surface area is 115 Å². The van der Waals surface area contributed by atoms with E-state index in [2.05, 4.69) is 5.16 Å². The zero-order valence-corrected chi connectivity index (χ0v) is 11.1. The van der Waals surface area contributed by atoms with E-state index < -0.39 is 4.92 Å². The highest BCUT2D eigenvalue weighted by molar-refractivity contribution is 5.99. The number of aryl methyl sites for hydroxylation is 1. The summed E-state index contributed by atoms with van der Waals surface area (Å²) in [6.07, 6.45) is 0.976. The topological polar surface area (TPSA) is 96.0 Å². The number of nitro benzene ring substituents is 1. The molecule has 1 aliphatic heterocycles. The van der Waals surface area contributed by atoms with Gasteiger partial charge in [0.1, 0.15) is 5.56 Å². The van der Waals surface area contributed by atoms with E-state index in [9.17, 15) is 14.9 Å². The lowest BCUT2D eigenvalue weighted by molar-refractivity contribution is -0.385. The molecule has 1 heterocycles. The van der Waals surface area contributed by atoms with Crippen molar-refractivity contribution in [3.05, 3.63) is 39.4 Å². The SMILES string of the molecule is Cc1cccc(C(=O)N2CCC(=NO)CC2)c1[N+](=O)[O-]. The highest BCUT2D eigenvalue weighted by Gasteiger charge is 2.28. The van der Waals surface area contributed by atoms with Crippen molar-refractivity contribution in [3.63, 3.8) is 0 Å². The van der Waals surface area contributed by atoms with Gasteiger partial charge in [-0.25, -0.2) is 0 Å². The number of nitrogens with zero attached hydrogens (tertiary/aromatic N) is 3. The Morgan fingerprint density at radius 1 is 1.40 bits per heavy atom. The second-order valence-corrected chi connectivity index (χ2v) is 4.69. The molecule has 106 valence electrons. The van der Waals surface area contributed by atoms with Crippen LogP contribution in [-0.2, 0) is 0 Å². The molecule has 1 fully saturated rings. The zero-order valence-electron chi connectivity index (χ0n) is 11.1. The molecule has 0 aliphatic carbocycles. The molecule has 1 aromatic carbocycles. The van der Waals surface area contributed by atoms with Crippen LogP contribution in [0.2, 0.25) is 0 Å². The number of hydrogen-bond donors (Lipinski definition) is 1. The Morgan fingerprint density at radius 2 is 2.05 bits per heavy atom. The van der Waals surface area contributed by atoms with Crippen LogP contribution in [0.4, 0.5) is 5.69 Å². The maximum Gasteiger partial charge on any atom is 0.285 e. The summed E-state index contributed by atoms with van der Waals surface area (Å²) in [7, 11) is 0. The maximum absolute atomic E-state index is 12.4. The number of rotatable bonds is 2. The molecular formula is C13H15N3O4. The third kappa shape index (κ3) is 2.61. The number of carbonyl (C=O) groups is 1. The molecule has 0 spiro atoms. The van der Waals surface area contributed by atoms with E-state index in [1.54, 1.807) is 24.0 Å². The molecule has 20 heavy (non-hydrogen) atoms. The van der Waals surface area contributed by atoms with Gasteiger partial charge in [0.25, 0.3) is 11.6 Å². The van der Waals surface area contributed by atoms with Gasteiger partial charge in [-0.1, -0.05) is 17.3 Å². The van der Waals surface area contributed by atoms with E-state index in [1.165, 1.54) is 6.07 Å². The second-order valence-electron chi connectivity index (χ2n) is 4.69. The standard InChI is InChI=1S/C13H15N3O4/c1-9-3-2-4-11(12(9)16(19)20)13(17)15-7-5-10(14-18)6-8-15/h2-4,18H,5-8H2,1H3. The molecule has 0 aromatic heterocycles. The van der Waals surface area contributed by atoms with Crippen LogP contribution in [0.1, 0.15) is 28.8 Å². The van der Waals surface area contributed by atoms with E-state index in [4.69, 9.17) is 5.21 Å². The molecule has 0 radical (unpaired) electrons. The summed E-state index contributed by atoms with van der Waals surface area (Å²) in [6.45, 7) is 2.42. The van der Waals surface area contributed by atoms with E-state index in [-0.39, 0.29) is 17.2 Å². The number of hydrogen-bond acceptors (Lipinski definition) is 5. The van der Waals surface area contributed by atoms with Gasteiger partial charge in [0.15, 0.2) is 0 Å². The number of piperidine rings is 1. The molecule has 0 atom stereocenters. The maximum atomic E-state index is 12.4. The summed E-state index contributed by atoms with van der Waals surface area (Å²) in [5, 5.41) is 22.9. The Hall–Kier alpha value is -2.44. The average Bonchev–Trinajstić information content (AvgIpc) is 2.46. The monoisotopic (exact) mass is 277 g/mol. The van der Waals surface area contributed by atoms with Crippen molar-refractivity contribution in [2.24, 2.45) is 5.16 Å². The molecule has 1 amide bonds. The lowest BCUT2D eigenvalue weighted by Crippen LogP contribution is -2.39. The molecule has 1 aliphatic rings. The lowest BCUT2D eigenvalue weighted by atomic mass is 10.0. The Balaban J connectivity index is 2.26. The molecular weight excluding hydrogens is 262 g/mol. The predicted molar refractivity (Wildman–Crippen MR) is 72.2 cm³/mol. The third-order valence-electron chi connectivity index (χ3n) is 3.42. The first-order valence-electron chi connectivity index (χ1n) is 6.27. The predicted octanol–water partition coefficient (Wildman–Crippen LogP) is 1.97. The average molecular weight is 277 g/mol. The van der Waals surface area contributed by atoms with Gasteiger partial charge in [-0.05, 0) is 13.0 Å². The smallest absolute Gasteiger partial charge is 0.285 e. The molecule has 0 unspecified atom stereocenters. The van der Waals surface area contributed by atoms with Crippen molar-refractivity contribution in [2.75, 3.05) is 13.1 Å². The summed E-state index contributed by atoms with van der Waals surface area (Å²) in [5.74, 6) is -0.350. The van der Waals surface area contributed by atoms with Crippen LogP contribution in [0.3, 0.4) is 0 Å². The summed E-state index contributed by atoms with van der Waals surface area (Å²) < 4.78 is 0. The Bertz CT molecular complexity index is 573. The van der Waals surface area contributed by atoms with Crippen LogP contribution in [0.25, 0.3) is 0 Å². The molecule has 7 heteroatoms. The number of para-hydroxylation sites is 1. The number of oxime groups is 1. The van der Waals surface area contributed by atoms with Crippen LogP contribution < -0.4 is 0 Å². The van der Waals surface area contributed by atoms with Gasteiger partial charge < -0.3 is 10.1 Å². The summed E-state index contributed by atoms with van der Waals surface area (Å²) in [6, 6.07) is 4.73. The summed E-state index contributed by atoms with van der Waals surface area (Å²) in [5.41, 5.74) is 1.08. The van der Waals surface area contributed by atoms with E-state index in [0.717, 1.165) is 0 Å². The van der Waals surface area contributed by atoms with E-state index in [1.807, 2.05) is 0 Å². The molecule has 1 saturated heterocycles. The molecule has 2 rings (SSSR count). The van der Waals surface area contributed by atoms with Crippen molar-refractivity contribution in [3.8, 4) is 0 Å². The molecule has 1 N–H and O–H groups in total. The van der Waals surface area contributed by atoms with Gasteiger partial charge >= 0.3 is 0 Å². The highest BCUT2D eigenvalue weighted by atomic mass is 16.6. The number of likely N-dealkylation sites (tertiary alicyclic amines) is 1. The quantitative estimate of drug-likeness (QED) is 0.507. The van der Waals surface area contributed by atoms with Crippen molar-refractivity contribution in [1.29, 1.82) is 0 Å². The molecule has 1 aromatic rings. The summed E-state index contributed by atoms with van der Waals surface area (Å²) >= 11 is 0. The fourth-order valence-electron chi connectivity index (χ4n) is 2.31. The Kier molecular flexibility index (Phi) is 3.97. The second kappa shape index (κ2) is 5.68.